The topological polar surface area (TPSA) is 43.3 Å². The maximum Gasteiger partial charge on any atom is 0.193 e. The van der Waals surface area contributed by atoms with Crippen LogP contribution < -0.4 is 5.32 Å². The van der Waals surface area contributed by atoms with E-state index in [9.17, 15) is 0 Å². The Morgan fingerprint density at radius 1 is 1.07 bits per heavy atom. The molecule has 0 amide bonds. The van der Waals surface area contributed by atoms with Crippen molar-refractivity contribution in [1.29, 1.82) is 0 Å². The first-order valence-electron chi connectivity index (χ1n) is 11.4. The molecule has 4 rings (SSSR count). The van der Waals surface area contributed by atoms with Gasteiger partial charge in [-0.1, -0.05) is 30.3 Å². The molecule has 3 aliphatic heterocycles. The average molecular weight is 527 g/mol. The lowest BCUT2D eigenvalue weighted by atomic mass is 10.1. The lowest BCUT2D eigenvalue weighted by Crippen LogP contribution is -2.47. The number of ether oxygens (including phenoxy) is 1. The number of nitrogens with one attached hydrogen (secondary N) is 1. The smallest absolute Gasteiger partial charge is 0.193 e. The highest BCUT2D eigenvalue weighted by Gasteiger charge is 2.30. The first kappa shape index (κ1) is 23.8. The summed E-state index contributed by atoms with van der Waals surface area (Å²) in [7, 11) is 1.92. The molecule has 3 fully saturated rings. The van der Waals surface area contributed by atoms with Gasteiger partial charge in [0.2, 0.25) is 0 Å². The molecule has 0 aromatic heterocycles. The second-order valence-electron chi connectivity index (χ2n) is 8.66. The van der Waals surface area contributed by atoms with Crippen molar-refractivity contribution in [3.63, 3.8) is 0 Å². The third kappa shape index (κ3) is 6.55. The summed E-state index contributed by atoms with van der Waals surface area (Å²) >= 11 is 0. The van der Waals surface area contributed by atoms with E-state index in [1.807, 2.05) is 7.05 Å². The molecule has 2 atom stereocenters. The van der Waals surface area contributed by atoms with E-state index in [2.05, 4.69) is 55.3 Å². The van der Waals surface area contributed by atoms with Gasteiger partial charge < -0.3 is 19.9 Å². The van der Waals surface area contributed by atoms with E-state index in [0.717, 1.165) is 64.2 Å². The minimum Gasteiger partial charge on any atom is -0.379 e. The Balaban J connectivity index is 0.00000256. The SMILES string of the molecule is CN=C(NCC1CCN(CCc2ccccc2)C1)N1CCC(N2CCOCC2)C1.I. The molecule has 3 aliphatic rings. The Bertz CT molecular complexity index is 652. The molecule has 7 heteroatoms. The van der Waals surface area contributed by atoms with Gasteiger partial charge in [0.1, 0.15) is 0 Å². The summed E-state index contributed by atoms with van der Waals surface area (Å²) in [6.45, 7) is 10.7. The first-order valence-corrected chi connectivity index (χ1v) is 11.4. The van der Waals surface area contributed by atoms with Crippen molar-refractivity contribution in [3.8, 4) is 0 Å². The zero-order valence-corrected chi connectivity index (χ0v) is 20.7. The highest BCUT2D eigenvalue weighted by molar-refractivity contribution is 14.0. The Morgan fingerprint density at radius 3 is 2.63 bits per heavy atom. The van der Waals surface area contributed by atoms with E-state index in [1.54, 1.807) is 0 Å². The van der Waals surface area contributed by atoms with Gasteiger partial charge in [-0.15, -0.1) is 24.0 Å². The first-order chi connectivity index (χ1) is 14.3. The van der Waals surface area contributed by atoms with Gasteiger partial charge >= 0.3 is 0 Å². The molecule has 2 unspecified atom stereocenters. The van der Waals surface area contributed by atoms with Crippen LogP contribution in [-0.2, 0) is 11.2 Å². The van der Waals surface area contributed by atoms with Gasteiger partial charge in [0.25, 0.3) is 0 Å². The number of nitrogens with zero attached hydrogens (tertiary/aromatic N) is 4. The maximum atomic E-state index is 5.51. The van der Waals surface area contributed by atoms with Crippen LogP contribution in [0.15, 0.2) is 35.3 Å². The quantitative estimate of drug-likeness (QED) is 0.349. The van der Waals surface area contributed by atoms with Crippen LogP contribution in [0.3, 0.4) is 0 Å². The molecule has 1 N–H and O–H groups in total. The van der Waals surface area contributed by atoms with Crippen LogP contribution in [0.2, 0.25) is 0 Å². The van der Waals surface area contributed by atoms with Crippen LogP contribution in [0.25, 0.3) is 0 Å². The monoisotopic (exact) mass is 527 g/mol. The minimum absolute atomic E-state index is 0. The molecule has 1 aromatic carbocycles. The highest BCUT2D eigenvalue weighted by atomic mass is 127. The third-order valence-electron chi connectivity index (χ3n) is 6.72. The summed E-state index contributed by atoms with van der Waals surface area (Å²) in [6.07, 6.45) is 3.67. The second kappa shape index (κ2) is 12.2. The number of halogens is 1. The van der Waals surface area contributed by atoms with Crippen molar-refractivity contribution in [1.82, 2.24) is 20.0 Å². The fourth-order valence-corrected chi connectivity index (χ4v) is 4.96. The highest BCUT2D eigenvalue weighted by Crippen LogP contribution is 2.19. The fraction of sp³-hybridized carbons (Fsp3) is 0.696. The molecule has 30 heavy (non-hydrogen) atoms. The van der Waals surface area contributed by atoms with Crippen molar-refractivity contribution < 1.29 is 4.74 Å². The summed E-state index contributed by atoms with van der Waals surface area (Å²) in [5.41, 5.74) is 1.44. The summed E-state index contributed by atoms with van der Waals surface area (Å²) < 4.78 is 5.51. The molecule has 0 saturated carbocycles. The number of rotatable bonds is 6. The number of hydrogen-bond donors (Lipinski definition) is 1. The van der Waals surface area contributed by atoms with Gasteiger partial charge in [-0.05, 0) is 37.3 Å². The molecule has 0 radical (unpaired) electrons. The molecular formula is C23H38IN5O. The van der Waals surface area contributed by atoms with E-state index < -0.39 is 0 Å². The van der Waals surface area contributed by atoms with E-state index >= 15 is 0 Å². The van der Waals surface area contributed by atoms with Gasteiger partial charge in [-0.3, -0.25) is 9.89 Å². The van der Waals surface area contributed by atoms with Crippen LogP contribution in [0.1, 0.15) is 18.4 Å². The summed E-state index contributed by atoms with van der Waals surface area (Å²) in [5, 5.41) is 3.68. The fourth-order valence-electron chi connectivity index (χ4n) is 4.96. The van der Waals surface area contributed by atoms with Crippen molar-refractivity contribution in [3.05, 3.63) is 35.9 Å². The van der Waals surface area contributed by atoms with Crippen molar-refractivity contribution in [2.75, 3.05) is 72.6 Å². The van der Waals surface area contributed by atoms with Gasteiger partial charge in [0.05, 0.1) is 13.2 Å². The molecule has 3 heterocycles. The molecule has 0 aliphatic carbocycles. The van der Waals surface area contributed by atoms with Gasteiger partial charge in [0.15, 0.2) is 5.96 Å². The average Bonchev–Trinajstić information content (AvgIpc) is 3.44. The predicted octanol–water partition coefficient (Wildman–Crippen LogP) is 2.15. The van der Waals surface area contributed by atoms with Crippen LogP contribution in [0.5, 0.6) is 0 Å². The lowest BCUT2D eigenvalue weighted by Gasteiger charge is -2.32. The number of aliphatic imine (C=N–C) groups is 1. The number of likely N-dealkylation sites (tertiary alicyclic amines) is 2. The maximum absolute atomic E-state index is 5.51. The summed E-state index contributed by atoms with van der Waals surface area (Å²) in [5.74, 6) is 1.81. The largest absolute Gasteiger partial charge is 0.379 e. The van der Waals surface area contributed by atoms with Crippen LogP contribution >= 0.6 is 24.0 Å². The van der Waals surface area contributed by atoms with Crippen molar-refractivity contribution >= 4 is 29.9 Å². The second-order valence-corrected chi connectivity index (χ2v) is 8.66. The van der Waals surface area contributed by atoms with Crippen molar-refractivity contribution in [2.45, 2.75) is 25.3 Å². The number of benzene rings is 1. The van der Waals surface area contributed by atoms with E-state index in [0.29, 0.717) is 6.04 Å². The summed E-state index contributed by atoms with van der Waals surface area (Å²) in [4.78, 5) is 12.2. The molecule has 168 valence electrons. The third-order valence-corrected chi connectivity index (χ3v) is 6.72. The molecular weight excluding hydrogens is 489 g/mol. The Labute approximate surface area is 199 Å². The lowest BCUT2D eigenvalue weighted by molar-refractivity contribution is 0.0195. The summed E-state index contributed by atoms with van der Waals surface area (Å²) in [6, 6.07) is 11.5. The Kier molecular flexibility index (Phi) is 9.67. The van der Waals surface area contributed by atoms with Crippen LogP contribution in [-0.4, -0.2) is 99.3 Å². The van der Waals surface area contributed by atoms with E-state index in [1.165, 1.54) is 38.0 Å². The molecule has 3 saturated heterocycles. The van der Waals surface area contributed by atoms with E-state index in [-0.39, 0.29) is 24.0 Å². The Morgan fingerprint density at radius 2 is 1.87 bits per heavy atom. The van der Waals surface area contributed by atoms with E-state index in [4.69, 9.17) is 4.74 Å². The van der Waals surface area contributed by atoms with Crippen LogP contribution in [0, 0.1) is 5.92 Å². The van der Waals surface area contributed by atoms with Crippen molar-refractivity contribution in [2.24, 2.45) is 10.9 Å². The standard InChI is InChI=1S/C23H37N5O.HI/c1-24-23(28-12-9-22(19-28)27-13-15-29-16-14-27)25-17-21-8-11-26(18-21)10-7-20-5-3-2-4-6-20;/h2-6,21-22H,7-19H2,1H3,(H,24,25);1H. The van der Waals surface area contributed by atoms with Crippen LogP contribution in [0.4, 0.5) is 0 Å². The number of guanidine groups is 1. The molecule has 1 aromatic rings. The zero-order chi connectivity index (χ0) is 19.9. The van der Waals surface area contributed by atoms with Gasteiger partial charge in [-0.25, -0.2) is 0 Å². The minimum atomic E-state index is 0. The Hall–Kier alpha value is -0.900. The molecule has 0 bridgehead atoms. The predicted molar refractivity (Wildman–Crippen MR) is 134 cm³/mol. The zero-order valence-electron chi connectivity index (χ0n) is 18.3. The molecule has 0 spiro atoms. The molecule has 6 nitrogen and oxygen atoms in total. The normalized spacial score (nSPS) is 26.0. The van der Waals surface area contributed by atoms with Gasteiger partial charge in [-0.2, -0.15) is 0 Å². The number of morpholine rings is 1. The number of hydrogen-bond acceptors (Lipinski definition) is 4. The van der Waals surface area contributed by atoms with Gasteiger partial charge in [0, 0.05) is 58.9 Å².